The van der Waals surface area contributed by atoms with E-state index in [9.17, 15) is 0 Å². The van der Waals surface area contributed by atoms with Crippen molar-refractivity contribution in [3.63, 3.8) is 0 Å². The Morgan fingerprint density at radius 1 is 1.58 bits per heavy atom. The van der Waals surface area contributed by atoms with Gasteiger partial charge < -0.3 is 4.42 Å². The molecule has 1 aliphatic rings. The fourth-order valence-corrected chi connectivity index (χ4v) is 1.89. The highest BCUT2D eigenvalue weighted by Crippen LogP contribution is 2.48. The van der Waals surface area contributed by atoms with E-state index < -0.39 is 0 Å². The molecule has 0 saturated heterocycles. The molecule has 2 atom stereocenters. The molecule has 1 fully saturated rings. The van der Waals surface area contributed by atoms with Crippen LogP contribution in [0, 0.1) is 5.92 Å². The molecule has 0 amide bonds. The Bertz CT molecular complexity index is 267. The standard InChI is InChI=1S/C10H13ClO/c1-2-8-3-4-10(12-8)9-5-7(9)6-11/h3-4,7,9H,2,5-6H2,1H3. The van der Waals surface area contributed by atoms with Crippen LogP contribution in [0.1, 0.15) is 30.8 Å². The molecule has 66 valence electrons. The molecule has 0 aliphatic heterocycles. The zero-order valence-corrected chi connectivity index (χ0v) is 7.97. The van der Waals surface area contributed by atoms with Gasteiger partial charge in [0.05, 0.1) is 0 Å². The fourth-order valence-electron chi connectivity index (χ4n) is 1.55. The van der Waals surface area contributed by atoms with Crippen molar-refractivity contribution in [2.45, 2.75) is 25.7 Å². The van der Waals surface area contributed by atoms with Gasteiger partial charge in [-0.1, -0.05) is 6.92 Å². The molecule has 0 bridgehead atoms. The van der Waals surface area contributed by atoms with E-state index in [1.165, 1.54) is 6.42 Å². The van der Waals surface area contributed by atoms with Crippen molar-refractivity contribution in [3.8, 4) is 0 Å². The Morgan fingerprint density at radius 2 is 2.42 bits per heavy atom. The average molecular weight is 185 g/mol. The summed E-state index contributed by atoms with van der Waals surface area (Å²) in [5, 5.41) is 0. The molecule has 0 spiro atoms. The number of aryl methyl sites for hydroxylation is 1. The van der Waals surface area contributed by atoms with Gasteiger partial charge in [-0.15, -0.1) is 11.6 Å². The summed E-state index contributed by atoms with van der Waals surface area (Å²) in [5.41, 5.74) is 0. The van der Waals surface area contributed by atoms with Crippen LogP contribution >= 0.6 is 11.6 Å². The molecule has 0 N–H and O–H groups in total. The van der Waals surface area contributed by atoms with Gasteiger partial charge in [0.25, 0.3) is 0 Å². The predicted molar refractivity (Wildman–Crippen MR) is 49.7 cm³/mol. The van der Waals surface area contributed by atoms with E-state index in [1.807, 2.05) is 0 Å². The van der Waals surface area contributed by atoms with E-state index in [0.29, 0.717) is 11.8 Å². The summed E-state index contributed by atoms with van der Waals surface area (Å²) in [6, 6.07) is 4.16. The van der Waals surface area contributed by atoms with Gasteiger partial charge in [0, 0.05) is 18.2 Å². The summed E-state index contributed by atoms with van der Waals surface area (Å²) < 4.78 is 5.63. The predicted octanol–water partition coefficient (Wildman–Crippen LogP) is 3.18. The lowest BCUT2D eigenvalue weighted by Crippen LogP contribution is -1.80. The summed E-state index contributed by atoms with van der Waals surface area (Å²) in [6.07, 6.45) is 2.19. The lowest BCUT2D eigenvalue weighted by Gasteiger charge is -1.91. The van der Waals surface area contributed by atoms with Crippen LogP contribution in [0.2, 0.25) is 0 Å². The quantitative estimate of drug-likeness (QED) is 0.658. The van der Waals surface area contributed by atoms with Gasteiger partial charge in [0.1, 0.15) is 11.5 Å². The minimum Gasteiger partial charge on any atom is -0.466 e. The summed E-state index contributed by atoms with van der Waals surface area (Å²) in [6.45, 7) is 2.11. The molecule has 1 nitrogen and oxygen atoms in total. The number of rotatable bonds is 3. The number of furan rings is 1. The Labute approximate surface area is 77.7 Å². The van der Waals surface area contributed by atoms with E-state index >= 15 is 0 Å². The largest absolute Gasteiger partial charge is 0.466 e. The molecule has 12 heavy (non-hydrogen) atoms. The van der Waals surface area contributed by atoms with E-state index in [4.69, 9.17) is 16.0 Å². The van der Waals surface area contributed by atoms with Gasteiger partial charge in [-0.25, -0.2) is 0 Å². The second-order valence-electron chi connectivity index (χ2n) is 3.41. The maximum absolute atomic E-state index is 5.74. The third kappa shape index (κ3) is 1.38. The van der Waals surface area contributed by atoms with Crippen LogP contribution in [0.25, 0.3) is 0 Å². The monoisotopic (exact) mass is 184 g/mol. The minimum absolute atomic E-state index is 0.614. The SMILES string of the molecule is CCc1ccc(C2CC2CCl)o1. The minimum atomic E-state index is 0.614. The molecule has 2 heteroatoms. The summed E-state index contributed by atoms with van der Waals surface area (Å²) >= 11 is 5.74. The topological polar surface area (TPSA) is 13.1 Å². The molecule has 2 rings (SSSR count). The van der Waals surface area contributed by atoms with Crippen molar-refractivity contribution < 1.29 is 4.42 Å². The normalized spacial score (nSPS) is 27.5. The lowest BCUT2D eigenvalue weighted by atomic mass is 10.3. The molecule has 1 aromatic heterocycles. The second kappa shape index (κ2) is 3.14. The highest BCUT2D eigenvalue weighted by atomic mass is 35.5. The third-order valence-corrected chi connectivity index (χ3v) is 2.91. The third-order valence-electron chi connectivity index (χ3n) is 2.52. The maximum atomic E-state index is 5.74. The number of hydrogen-bond donors (Lipinski definition) is 0. The van der Waals surface area contributed by atoms with Gasteiger partial charge in [-0.2, -0.15) is 0 Å². The molecule has 1 aliphatic carbocycles. The Morgan fingerprint density at radius 3 is 2.92 bits per heavy atom. The molecular weight excluding hydrogens is 172 g/mol. The first-order valence-corrected chi connectivity index (χ1v) is 5.03. The van der Waals surface area contributed by atoms with Crippen LogP contribution in [-0.2, 0) is 6.42 Å². The highest BCUT2D eigenvalue weighted by Gasteiger charge is 2.39. The van der Waals surface area contributed by atoms with Crippen molar-refractivity contribution in [2.75, 3.05) is 5.88 Å². The first kappa shape index (κ1) is 8.18. The van der Waals surface area contributed by atoms with E-state index in [-0.39, 0.29) is 0 Å². The zero-order chi connectivity index (χ0) is 8.55. The number of hydrogen-bond acceptors (Lipinski definition) is 1. The summed E-state index contributed by atoms with van der Waals surface area (Å²) in [4.78, 5) is 0. The molecule has 1 heterocycles. The maximum Gasteiger partial charge on any atom is 0.107 e. The highest BCUT2D eigenvalue weighted by molar-refractivity contribution is 6.18. The van der Waals surface area contributed by atoms with Gasteiger partial charge in [0.15, 0.2) is 0 Å². The number of halogens is 1. The first-order chi connectivity index (χ1) is 5.85. The average Bonchev–Trinajstić information content (AvgIpc) is 2.75. The fraction of sp³-hybridized carbons (Fsp3) is 0.600. The molecule has 2 unspecified atom stereocenters. The molecule has 1 saturated carbocycles. The van der Waals surface area contributed by atoms with Gasteiger partial charge in [0.2, 0.25) is 0 Å². The zero-order valence-electron chi connectivity index (χ0n) is 7.22. The smallest absolute Gasteiger partial charge is 0.107 e. The lowest BCUT2D eigenvalue weighted by molar-refractivity contribution is 0.466. The van der Waals surface area contributed by atoms with Crippen molar-refractivity contribution in [1.82, 2.24) is 0 Å². The van der Waals surface area contributed by atoms with Crippen molar-refractivity contribution in [2.24, 2.45) is 5.92 Å². The van der Waals surface area contributed by atoms with Crippen LogP contribution in [0.4, 0.5) is 0 Å². The summed E-state index contributed by atoms with van der Waals surface area (Å²) in [5.74, 6) is 4.28. The summed E-state index contributed by atoms with van der Waals surface area (Å²) in [7, 11) is 0. The van der Waals surface area contributed by atoms with Crippen molar-refractivity contribution in [3.05, 3.63) is 23.7 Å². The van der Waals surface area contributed by atoms with E-state index in [0.717, 1.165) is 23.8 Å². The van der Waals surface area contributed by atoms with Crippen molar-refractivity contribution in [1.29, 1.82) is 0 Å². The van der Waals surface area contributed by atoms with Crippen LogP contribution in [0.5, 0.6) is 0 Å². The number of alkyl halides is 1. The van der Waals surface area contributed by atoms with Crippen molar-refractivity contribution >= 4 is 11.6 Å². The van der Waals surface area contributed by atoms with Crippen LogP contribution in [0.3, 0.4) is 0 Å². The van der Waals surface area contributed by atoms with E-state index in [2.05, 4.69) is 19.1 Å². The Kier molecular flexibility index (Phi) is 2.14. The molecule has 0 radical (unpaired) electrons. The molecule has 0 aromatic carbocycles. The Balaban J connectivity index is 2.05. The van der Waals surface area contributed by atoms with Crippen LogP contribution < -0.4 is 0 Å². The van der Waals surface area contributed by atoms with Crippen LogP contribution in [-0.4, -0.2) is 5.88 Å². The van der Waals surface area contributed by atoms with Gasteiger partial charge in [-0.05, 0) is 24.5 Å². The Hall–Kier alpha value is -0.430. The van der Waals surface area contributed by atoms with E-state index in [1.54, 1.807) is 0 Å². The molecular formula is C10H13ClO. The first-order valence-electron chi connectivity index (χ1n) is 4.49. The van der Waals surface area contributed by atoms with Gasteiger partial charge >= 0.3 is 0 Å². The second-order valence-corrected chi connectivity index (χ2v) is 3.72. The van der Waals surface area contributed by atoms with Gasteiger partial charge in [-0.3, -0.25) is 0 Å². The van der Waals surface area contributed by atoms with Crippen LogP contribution in [0.15, 0.2) is 16.5 Å². The molecule has 1 aromatic rings.